The zero-order valence-corrected chi connectivity index (χ0v) is 18.6. The predicted octanol–water partition coefficient (Wildman–Crippen LogP) is 1.36. The number of carbonyl (C=O) groups excluding carboxylic acids is 2. The van der Waals surface area contributed by atoms with Gasteiger partial charge in [-0.1, -0.05) is 0 Å². The highest BCUT2D eigenvalue weighted by molar-refractivity contribution is 7.48. The summed E-state index contributed by atoms with van der Waals surface area (Å²) in [5, 5.41) is 0. The molecule has 2 aromatic rings. The second-order valence-electron chi connectivity index (χ2n) is 6.69. The van der Waals surface area contributed by atoms with Crippen molar-refractivity contribution in [3.8, 4) is 5.88 Å². The van der Waals surface area contributed by atoms with Crippen LogP contribution in [0.2, 0.25) is 0 Å². The zero-order valence-electron chi connectivity index (χ0n) is 17.8. The van der Waals surface area contributed by atoms with Gasteiger partial charge in [0.15, 0.2) is 11.2 Å². The number of nitrogens with zero attached hydrogens (tertiary/aromatic N) is 4. The number of nitrogen functional groups attached to an aromatic ring is 1. The van der Waals surface area contributed by atoms with Crippen LogP contribution in [0, 0.1) is 0 Å². The van der Waals surface area contributed by atoms with E-state index in [1.54, 1.807) is 4.57 Å². The average molecular weight is 473 g/mol. The van der Waals surface area contributed by atoms with Crippen LogP contribution >= 0.6 is 7.82 Å². The Labute approximate surface area is 182 Å². The molecule has 3 atom stereocenters. The van der Waals surface area contributed by atoms with Crippen LogP contribution < -0.4 is 10.5 Å². The Morgan fingerprint density at radius 3 is 2.69 bits per heavy atom. The second kappa shape index (κ2) is 10.3. The smallest absolute Gasteiger partial charge is 0.463 e. The van der Waals surface area contributed by atoms with E-state index < -0.39 is 32.1 Å². The molecule has 0 aliphatic carbocycles. The maximum absolute atomic E-state index is 12.5. The topological polar surface area (TPSA) is 176 Å². The van der Waals surface area contributed by atoms with Gasteiger partial charge in [-0.2, -0.15) is 9.97 Å². The normalized spacial score (nSPS) is 20.2. The van der Waals surface area contributed by atoms with Gasteiger partial charge in [-0.25, -0.2) is 9.55 Å². The Morgan fingerprint density at radius 2 is 2.00 bits per heavy atom. The molecule has 1 saturated heterocycles. The van der Waals surface area contributed by atoms with E-state index in [1.165, 1.54) is 27.3 Å². The highest BCUT2D eigenvalue weighted by Crippen LogP contribution is 2.49. The lowest BCUT2D eigenvalue weighted by atomic mass is 10.2. The number of anilines is 1. The van der Waals surface area contributed by atoms with Gasteiger partial charge in [0, 0.05) is 21.0 Å². The third-order valence-electron chi connectivity index (χ3n) is 4.32. The van der Waals surface area contributed by atoms with Crippen molar-refractivity contribution >= 4 is 36.9 Å². The van der Waals surface area contributed by atoms with Gasteiger partial charge in [-0.05, 0) is 12.8 Å². The molecule has 2 N–H and O–H groups in total. The molecule has 1 aliphatic rings. The molecule has 0 bridgehead atoms. The summed E-state index contributed by atoms with van der Waals surface area (Å²) in [5.41, 5.74) is 6.34. The van der Waals surface area contributed by atoms with Gasteiger partial charge in [-0.15, -0.1) is 0 Å². The molecule has 15 heteroatoms. The minimum atomic E-state index is -3.83. The number of hydrogen-bond donors (Lipinski definition) is 1. The maximum Gasteiger partial charge on any atom is 0.474 e. The minimum absolute atomic E-state index is 0.0384. The van der Waals surface area contributed by atoms with E-state index in [0.29, 0.717) is 18.5 Å². The number of carbonyl (C=O) groups is 2. The van der Waals surface area contributed by atoms with E-state index in [9.17, 15) is 14.2 Å². The highest BCUT2D eigenvalue weighted by Gasteiger charge is 2.33. The van der Waals surface area contributed by atoms with Crippen molar-refractivity contribution in [3.63, 3.8) is 0 Å². The van der Waals surface area contributed by atoms with E-state index >= 15 is 0 Å². The van der Waals surface area contributed by atoms with Crippen LogP contribution in [0.15, 0.2) is 6.33 Å². The molecule has 1 fully saturated rings. The van der Waals surface area contributed by atoms with E-state index in [0.717, 1.165) is 0 Å². The Balaban J connectivity index is 1.61. The molecule has 1 unspecified atom stereocenters. The third kappa shape index (κ3) is 5.99. The van der Waals surface area contributed by atoms with Crippen LogP contribution in [0.3, 0.4) is 0 Å². The summed E-state index contributed by atoms with van der Waals surface area (Å²) < 4.78 is 45.1. The van der Waals surface area contributed by atoms with Crippen molar-refractivity contribution in [2.75, 3.05) is 32.7 Å². The number of nitrogens with two attached hydrogens (primary N) is 1. The van der Waals surface area contributed by atoms with Gasteiger partial charge in [0.25, 0.3) is 5.88 Å². The molecule has 0 radical (unpaired) electrons. The average Bonchev–Trinajstić information content (AvgIpc) is 3.36. The Morgan fingerprint density at radius 1 is 1.22 bits per heavy atom. The lowest BCUT2D eigenvalue weighted by Gasteiger charge is -2.19. The second-order valence-corrected chi connectivity index (χ2v) is 8.47. The SMILES string of the molecule is COP(=O)(OCCOC(C)=O)OC[C@@H]1CC[C@H](n2cnc3c(OC(C)=O)nc(N)nc32)O1. The Kier molecular flexibility index (Phi) is 7.74. The molecular weight excluding hydrogens is 449 g/mol. The van der Waals surface area contributed by atoms with Gasteiger partial charge in [0.05, 0.1) is 25.6 Å². The van der Waals surface area contributed by atoms with Crippen LogP contribution in [-0.4, -0.2) is 64.5 Å². The molecule has 0 saturated carbocycles. The molecule has 32 heavy (non-hydrogen) atoms. The monoisotopic (exact) mass is 473 g/mol. The van der Waals surface area contributed by atoms with Crippen molar-refractivity contribution in [2.45, 2.75) is 39.0 Å². The first kappa shape index (κ1) is 24.0. The van der Waals surface area contributed by atoms with E-state index in [4.69, 9.17) is 33.5 Å². The zero-order chi connectivity index (χ0) is 23.3. The molecule has 3 heterocycles. The van der Waals surface area contributed by atoms with Crippen LogP contribution in [0.4, 0.5) is 5.95 Å². The molecule has 1 aliphatic heterocycles. The highest BCUT2D eigenvalue weighted by atomic mass is 31.2. The van der Waals surface area contributed by atoms with Crippen LogP contribution in [0.5, 0.6) is 5.88 Å². The number of phosphoric ester groups is 1. The summed E-state index contributed by atoms with van der Waals surface area (Å²) in [5.74, 6) is -1.17. The molecule has 0 spiro atoms. The molecular formula is C17H24N5O9P. The third-order valence-corrected chi connectivity index (χ3v) is 5.73. The van der Waals surface area contributed by atoms with Crippen molar-refractivity contribution in [3.05, 3.63) is 6.33 Å². The summed E-state index contributed by atoms with van der Waals surface area (Å²) in [6.45, 7) is 2.21. The van der Waals surface area contributed by atoms with Crippen molar-refractivity contribution in [1.82, 2.24) is 19.5 Å². The number of imidazole rings is 1. The Bertz CT molecular complexity index is 1030. The van der Waals surface area contributed by atoms with E-state index in [-0.39, 0.29) is 37.2 Å². The number of aromatic nitrogens is 4. The van der Waals surface area contributed by atoms with Gasteiger partial charge < -0.3 is 19.9 Å². The summed E-state index contributed by atoms with van der Waals surface area (Å²) >= 11 is 0. The largest absolute Gasteiger partial charge is 0.474 e. The fourth-order valence-corrected chi connectivity index (χ4v) is 3.92. The number of fused-ring (bicyclic) bond motifs is 1. The number of esters is 2. The number of phosphoric acid groups is 1. The first-order chi connectivity index (χ1) is 15.2. The van der Waals surface area contributed by atoms with Crippen LogP contribution in [0.1, 0.15) is 32.9 Å². The number of hydrogen-bond acceptors (Lipinski definition) is 13. The number of rotatable bonds is 10. The molecule has 14 nitrogen and oxygen atoms in total. The first-order valence-corrected chi connectivity index (χ1v) is 11.1. The van der Waals surface area contributed by atoms with Crippen LogP contribution in [0.25, 0.3) is 11.2 Å². The van der Waals surface area contributed by atoms with Crippen molar-refractivity contribution in [1.29, 1.82) is 0 Å². The lowest BCUT2D eigenvalue weighted by Crippen LogP contribution is -2.17. The molecule has 0 aromatic carbocycles. The van der Waals surface area contributed by atoms with E-state index in [2.05, 4.69) is 15.0 Å². The van der Waals surface area contributed by atoms with Gasteiger partial charge >= 0.3 is 19.8 Å². The predicted molar refractivity (Wildman–Crippen MR) is 107 cm³/mol. The number of ether oxygens (including phenoxy) is 3. The molecule has 3 rings (SSSR count). The Hall–Kier alpha value is -2.64. The first-order valence-electron chi connectivity index (χ1n) is 9.63. The quantitative estimate of drug-likeness (QED) is 0.297. The van der Waals surface area contributed by atoms with Crippen LogP contribution in [-0.2, 0) is 37.2 Å². The summed E-state index contributed by atoms with van der Waals surface area (Å²) in [4.78, 5) is 34.3. The van der Waals surface area contributed by atoms with Gasteiger partial charge in [-0.3, -0.25) is 27.7 Å². The minimum Gasteiger partial charge on any atom is -0.463 e. The standard InChI is InChI=1S/C17H24N5O9P/c1-10(23)27-6-7-28-32(25,26-3)29-8-12-4-5-13(31-12)22-9-19-14-15(22)20-17(18)21-16(14)30-11(2)24/h9,12-13H,4-8H2,1-3H3,(H2,18,20,21)/t12-,13+,32?/m0/s1. The van der Waals surface area contributed by atoms with Gasteiger partial charge in [0.1, 0.15) is 12.8 Å². The summed E-state index contributed by atoms with van der Waals surface area (Å²) in [6, 6.07) is 0. The summed E-state index contributed by atoms with van der Waals surface area (Å²) in [7, 11) is -2.65. The molecule has 0 amide bonds. The van der Waals surface area contributed by atoms with E-state index in [1.807, 2.05) is 0 Å². The molecule has 176 valence electrons. The molecule has 2 aromatic heterocycles. The van der Waals surface area contributed by atoms with Gasteiger partial charge in [0.2, 0.25) is 5.95 Å². The lowest BCUT2D eigenvalue weighted by molar-refractivity contribution is -0.141. The van der Waals surface area contributed by atoms with Crippen molar-refractivity contribution in [2.24, 2.45) is 0 Å². The maximum atomic E-state index is 12.5. The fourth-order valence-electron chi connectivity index (χ4n) is 2.99. The van der Waals surface area contributed by atoms with Crippen molar-refractivity contribution < 1.29 is 41.9 Å². The summed E-state index contributed by atoms with van der Waals surface area (Å²) in [6.07, 6.45) is 1.78. The fraction of sp³-hybridized carbons (Fsp3) is 0.588.